The number of hydrogen-bond acceptors (Lipinski definition) is 4. The molecule has 1 fully saturated rings. The van der Waals surface area contributed by atoms with Crippen molar-refractivity contribution in [2.24, 2.45) is 0 Å². The summed E-state index contributed by atoms with van der Waals surface area (Å²) in [6.45, 7) is 4.29. The molecule has 25 heavy (non-hydrogen) atoms. The number of carbonyl (C=O) groups excluding carboxylic acids is 1. The molecule has 6 heteroatoms. The highest BCUT2D eigenvalue weighted by Crippen LogP contribution is 2.27. The van der Waals surface area contributed by atoms with Gasteiger partial charge in [-0.25, -0.2) is 0 Å². The lowest BCUT2D eigenvalue weighted by atomic mass is 9.93. The molecule has 0 bridgehead atoms. The van der Waals surface area contributed by atoms with E-state index in [9.17, 15) is 4.79 Å². The van der Waals surface area contributed by atoms with Crippen LogP contribution in [0, 0.1) is 0 Å². The zero-order valence-electron chi connectivity index (χ0n) is 14.4. The Balaban J connectivity index is 1.32. The Labute approximate surface area is 147 Å². The number of carbonyl (C=O) groups is 1. The van der Waals surface area contributed by atoms with Crippen LogP contribution in [0.15, 0.2) is 36.5 Å². The van der Waals surface area contributed by atoms with Crippen molar-refractivity contribution in [3.05, 3.63) is 47.8 Å². The molecule has 0 radical (unpaired) electrons. The molecule has 1 aromatic carbocycles. The second-order valence-electron chi connectivity index (χ2n) is 6.83. The maximum atomic E-state index is 12.7. The predicted octanol–water partition coefficient (Wildman–Crippen LogP) is 2.01. The lowest BCUT2D eigenvalue weighted by Crippen LogP contribution is -2.44. The zero-order valence-corrected chi connectivity index (χ0v) is 14.4. The number of benzene rings is 1. The Morgan fingerprint density at radius 2 is 2.04 bits per heavy atom. The molecule has 1 saturated heterocycles. The molecule has 1 amide bonds. The van der Waals surface area contributed by atoms with Crippen LogP contribution in [0.3, 0.4) is 0 Å². The minimum atomic E-state index is 0.224. The molecule has 0 unspecified atom stereocenters. The summed E-state index contributed by atoms with van der Waals surface area (Å²) in [5.41, 5.74) is 2.35. The van der Waals surface area contributed by atoms with E-state index in [2.05, 4.69) is 21.2 Å². The highest BCUT2D eigenvalue weighted by Gasteiger charge is 2.26. The number of fused-ring (bicyclic) bond motifs is 1. The first kappa shape index (κ1) is 16.1. The van der Waals surface area contributed by atoms with Gasteiger partial charge in [-0.1, -0.05) is 18.2 Å². The summed E-state index contributed by atoms with van der Waals surface area (Å²) in [5, 5.41) is 7.09. The lowest BCUT2D eigenvalue weighted by molar-refractivity contribution is -0.133. The van der Waals surface area contributed by atoms with E-state index in [-0.39, 0.29) is 5.91 Å². The fourth-order valence-electron chi connectivity index (χ4n) is 3.74. The average Bonchev–Trinajstić information content (AvgIpc) is 3.10. The van der Waals surface area contributed by atoms with Crippen LogP contribution < -0.4 is 4.74 Å². The van der Waals surface area contributed by atoms with Gasteiger partial charge in [-0.3, -0.25) is 14.8 Å². The fraction of sp³-hybridized carbons (Fsp3) is 0.474. The number of piperidine rings is 1. The molecule has 2 aliphatic heterocycles. The van der Waals surface area contributed by atoms with E-state index >= 15 is 0 Å². The lowest BCUT2D eigenvalue weighted by Gasteiger charge is -2.33. The van der Waals surface area contributed by atoms with E-state index in [4.69, 9.17) is 4.74 Å². The number of likely N-dealkylation sites (tertiary alicyclic amines) is 1. The molecule has 6 nitrogen and oxygen atoms in total. The van der Waals surface area contributed by atoms with Crippen LogP contribution in [0.1, 0.15) is 30.0 Å². The maximum absolute atomic E-state index is 12.7. The topological polar surface area (TPSA) is 61.5 Å². The van der Waals surface area contributed by atoms with Gasteiger partial charge in [-0.05, 0) is 25.0 Å². The number of hydrogen-bond donors (Lipinski definition) is 1. The fourth-order valence-corrected chi connectivity index (χ4v) is 3.74. The quantitative estimate of drug-likeness (QED) is 0.928. The first-order valence-electron chi connectivity index (χ1n) is 9.00. The van der Waals surface area contributed by atoms with Crippen LogP contribution in [0.25, 0.3) is 0 Å². The van der Waals surface area contributed by atoms with Crippen molar-refractivity contribution in [3.8, 4) is 5.75 Å². The zero-order chi connectivity index (χ0) is 17.1. The highest BCUT2D eigenvalue weighted by atomic mass is 16.5. The van der Waals surface area contributed by atoms with E-state index in [0.29, 0.717) is 19.1 Å². The Morgan fingerprint density at radius 3 is 2.84 bits per heavy atom. The summed E-state index contributed by atoms with van der Waals surface area (Å²) in [6, 6.07) is 10.1. The number of nitrogens with one attached hydrogen (secondary N) is 1. The molecule has 0 atom stereocenters. The van der Waals surface area contributed by atoms with E-state index < -0.39 is 0 Å². The molecule has 1 N–H and O–H groups in total. The largest absolute Gasteiger partial charge is 0.492 e. The number of aromatic amines is 1. The number of rotatable bonds is 3. The Bertz CT molecular complexity index is 708. The van der Waals surface area contributed by atoms with Crippen LogP contribution >= 0.6 is 0 Å². The molecule has 3 heterocycles. The van der Waals surface area contributed by atoms with Gasteiger partial charge in [0.2, 0.25) is 5.91 Å². The summed E-state index contributed by atoms with van der Waals surface area (Å²) in [7, 11) is 0. The minimum Gasteiger partial charge on any atom is -0.492 e. The Morgan fingerprint density at radius 1 is 1.20 bits per heavy atom. The third-order valence-corrected chi connectivity index (χ3v) is 5.20. The number of amides is 1. The molecule has 0 saturated carbocycles. The van der Waals surface area contributed by atoms with Gasteiger partial charge >= 0.3 is 0 Å². The normalized spacial score (nSPS) is 19.1. The van der Waals surface area contributed by atoms with E-state index in [0.717, 1.165) is 50.3 Å². The number of aromatic nitrogens is 2. The molecular formula is C19H24N4O2. The summed E-state index contributed by atoms with van der Waals surface area (Å²) in [6.07, 6.45) is 3.80. The van der Waals surface area contributed by atoms with Gasteiger partial charge < -0.3 is 9.64 Å². The molecular weight excluding hydrogens is 316 g/mol. The predicted molar refractivity (Wildman–Crippen MR) is 94.4 cm³/mol. The summed E-state index contributed by atoms with van der Waals surface area (Å²) in [4.78, 5) is 16.9. The monoisotopic (exact) mass is 340 g/mol. The Hall–Kier alpha value is -2.34. The molecule has 1 aromatic heterocycles. The third-order valence-electron chi connectivity index (χ3n) is 5.20. The van der Waals surface area contributed by atoms with Crippen LogP contribution in [0.4, 0.5) is 0 Å². The van der Waals surface area contributed by atoms with Gasteiger partial charge in [-0.2, -0.15) is 5.10 Å². The third kappa shape index (κ3) is 3.69. The van der Waals surface area contributed by atoms with Gasteiger partial charge in [0.15, 0.2) is 0 Å². The van der Waals surface area contributed by atoms with Gasteiger partial charge in [0.25, 0.3) is 0 Å². The average molecular weight is 340 g/mol. The molecule has 4 rings (SSSR count). The van der Waals surface area contributed by atoms with Crippen molar-refractivity contribution in [2.75, 3.05) is 32.8 Å². The maximum Gasteiger partial charge on any atom is 0.236 e. The van der Waals surface area contributed by atoms with Gasteiger partial charge in [0, 0.05) is 49.6 Å². The first-order chi connectivity index (χ1) is 12.3. The molecule has 2 aromatic rings. The van der Waals surface area contributed by atoms with Crippen LogP contribution in [0.5, 0.6) is 5.75 Å². The smallest absolute Gasteiger partial charge is 0.236 e. The van der Waals surface area contributed by atoms with Crippen LogP contribution in [-0.2, 0) is 11.3 Å². The van der Waals surface area contributed by atoms with E-state index in [1.807, 2.05) is 29.2 Å². The summed E-state index contributed by atoms with van der Waals surface area (Å²) < 4.78 is 5.79. The van der Waals surface area contributed by atoms with E-state index in [1.54, 1.807) is 6.20 Å². The molecule has 0 spiro atoms. The van der Waals surface area contributed by atoms with Crippen molar-refractivity contribution in [3.63, 3.8) is 0 Å². The van der Waals surface area contributed by atoms with Gasteiger partial charge in [0.1, 0.15) is 12.4 Å². The molecule has 132 valence electrons. The summed E-state index contributed by atoms with van der Waals surface area (Å²) >= 11 is 0. The number of nitrogens with zero attached hydrogens (tertiary/aromatic N) is 3. The second kappa shape index (κ2) is 7.27. The van der Waals surface area contributed by atoms with Crippen LogP contribution in [0.2, 0.25) is 0 Å². The second-order valence-corrected chi connectivity index (χ2v) is 6.83. The number of H-pyrrole nitrogens is 1. The van der Waals surface area contributed by atoms with Crippen molar-refractivity contribution in [2.45, 2.75) is 25.3 Å². The SMILES string of the molecule is O=C(CN1CCOc2ccccc2C1)N1CCC(c2ccn[nH]2)CC1. The van der Waals surface area contributed by atoms with Crippen molar-refractivity contribution < 1.29 is 9.53 Å². The molecule has 0 aliphatic carbocycles. The number of para-hydroxylation sites is 1. The number of ether oxygens (including phenoxy) is 1. The Kier molecular flexibility index (Phi) is 4.70. The van der Waals surface area contributed by atoms with Gasteiger partial charge in [0.05, 0.1) is 6.54 Å². The molecule has 2 aliphatic rings. The van der Waals surface area contributed by atoms with Crippen molar-refractivity contribution in [1.29, 1.82) is 0 Å². The minimum absolute atomic E-state index is 0.224. The summed E-state index contributed by atoms with van der Waals surface area (Å²) in [5.74, 6) is 1.66. The van der Waals surface area contributed by atoms with E-state index in [1.165, 1.54) is 5.69 Å². The van der Waals surface area contributed by atoms with Gasteiger partial charge in [-0.15, -0.1) is 0 Å². The standard InChI is InChI=1S/C19H24N4O2/c24-19(23-9-6-15(7-10-23)17-5-8-20-21-17)14-22-11-12-25-18-4-2-1-3-16(18)13-22/h1-5,8,15H,6-7,9-14H2,(H,20,21). The van der Waals surface area contributed by atoms with Crippen molar-refractivity contribution in [1.82, 2.24) is 20.0 Å². The first-order valence-corrected chi connectivity index (χ1v) is 9.00. The highest BCUT2D eigenvalue weighted by molar-refractivity contribution is 5.78. The van der Waals surface area contributed by atoms with Crippen molar-refractivity contribution >= 4 is 5.91 Å². The van der Waals surface area contributed by atoms with Crippen LogP contribution in [-0.4, -0.2) is 58.7 Å².